The number of allylic oxidation sites excluding steroid dienone is 1. The van der Waals surface area contributed by atoms with E-state index in [0.717, 1.165) is 11.1 Å². The summed E-state index contributed by atoms with van der Waals surface area (Å²) in [5, 5.41) is 3.98. The average Bonchev–Trinajstić information content (AvgIpc) is 3.38. The Morgan fingerprint density at radius 2 is 1.77 bits per heavy atom. The molecule has 48 heavy (non-hydrogen) atoms. The number of methoxy groups -OCH3 is 1. The number of aromatic nitrogens is 1. The lowest BCUT2D eigenvalue weighted by molar-refractivity contribution is -0.113. The molecule has 1 aromatic heterocycles. The van der Waals surface area contributed by atoms with Gasteiger partial charge < -0.3 is 19.5 Å². The SMILES string of the molecule is CCOc1ccc([C@@H]2C(C(=O)Nc3ccccc3)=C(C)N=c3s/c(=C\c4cccc(OC)c4OCc4ccc(Cl)cc4Cl)c(=O)n32)cc1. The number of hydrogen-bond acceptors (Lipinski definition) is 7. The second kappa shape index (κ2) is 14.5. The number of ether oxygens (including phenoxy) is 3. The summed E-state index contributed by atoms with van der Waals surface area (Å²) in [5.74, 6) is 1.28. The maximum absolute atomic E-state index is 14.3. The lowest BCUT2D eigenvalue weighted by Crippen LogP contribution is -2.40. The van der Waals surface area contributed by atoms with Crippen molar-refractivity contribution in [1.82, 2.24) is 4.57 Å². The first-order chi connectivity index (χ1) is 23.3. The van der Waals surface area contributed by atoms with Crippen molar-refractivity contribution in [2.24, 2.45) is 4.99 Å². The predicted molar refractivity (Wildman–Crippen MR) is 190 cm³/mol. The zero-order valence-corrected chi connectivity index (χ0v) is 28.7. The molecule has 244 valence electrons. The number of carbonyl (C=O) groups is 1. The number of amides is 1. The van der Waals surface area contributed by atoms with Gasteiger partial charge >= 0.3 is 0 Å². The van der Waals surface area contributed by atoms with E-state index >= 15 is 0 Å². The van der Waals surface area contributed by atoms with E-state index in [1.54, 1.807) is 48.9 Å². The largest absolute Gasteiger partial charge is 0.494 e. The summed E-state index contributed by atoms with van der Waals surface area (Å²) in [6.07, 6.45) is 1.75. The molecular weight excluding hydrogens is 669 g/mol. The van der Waals surface area contributed by atoms with Crippen molar-refractivity contribution in [3.63, 3.8) is 0 Å². The van der Waals surface area contributed by atoms with Crippen molar-refractivity contribution in [3.05, 3.63) is 149 Å². The van der Waals surface area contributed by atoms with Crippen LogP contribution >= 0.6 is 34.5 Å². The van der Waals surface area contributed by atoms with Gasteiger partial charge in [0.2, 0.25) is 0 Å². The van der Waals surface area contributed by atoms with Crippen LogP contribution in [0.25, 0.3) is 6.08 Å². The van der Waals surface area contributed by atoms with Gasteiger partial charge in [0, 0.05) is 26.9 Å². The van der Waals surface area contributed by atoms with Crippen molar-refractivity contribution in [2.45, 2.75) is 26.5 Å². The van der Waals surface area contributed by atoms with Crippen molar-refractivity contribution in [2.75, 3.05) is 19.0 Å². The summed E-state index contributed by atoms with van der Waals surface area (Å²) in [5.41, 5.74) is 3.32. The Morgan fingerprint density at radius 1 is 1.00 bits per heavy atom. The normalized spacial score (nSPS) is 14.3. The molecule has 1 amide bonds. The van der Waals surface area contributed by atoms with Crippen LogP contribution in [0.1, 0.15) is 36.6 Å². The predicted octanol–water partition coefficient (Wildman–Crippen LogP) is 7.17. The maximum Gasteiger partial charge on any atom is 0.271 e. The van der Waals surface area contributed by atoms with Crippen LogP contribution < -0.4 is 34.4 Å². The Kier molecular flexibility index (Phi) is 10.0. The Hall–Kier alpha value is -4.83. The molecule has 1 N–H and O–H groups in total. The number of anilines is 1. The molecule has 0 saturated carbocycles. The summed E-state index contributed by atoms with van der Waals surface area (Å²) < 4.78 is 19.5. The highest BCUT2D eigenvalue weighted by Gasteiger charge is 2.32. The standard InChI is InChI=1S/C37H31Cl2N3O5S/c1-4-46-28-17-14-23(15-18-28)33-32(35(43)41-27-10-6-5-7-11-27)22(2)40-37-42(33)36(44)31(48-37)19-24-9-8-12-30(45-3)34(24)47-21-25-13-16-26(38)20-29(25)39/h5-20,33H,4,21H2,1-3H3,(H,41,43)/b31-19-/t33-/m1/s1. The van der Waals surface area contributed by atoms with Crippen LogP contribution in [0.15, 0.2) is 112 Å². The van der Waals surface area contributed by atoms with E-state index in [2.05, 4.69) is 5.32 Å². The number of para-hydroxylation sites is 2. The first kappa shape index (κ1) is 33.1. The Balaban J connectivity index is 1.45. The molecule has 11 heteroatoms. The van der Waals surface area contributed by atoms with Crippen LogP contribution in [0, 0.1) is 0 Å². The Bertz CT molecular complexity index is 2200. The minimum atomic E-state index is -0.740. The van der Waals surface area contributed by atoms with Crippen LogP contribution in [0.4, 0.5) is 5.69 Å². The summed E-state index contributed by atoms with van der Waals surface area (Å²) in [6.45, 7) is 4.36. The zero-order valence-electron chi connectivity index (χ0n) is 26.3. The van der Waals surface area contributed by atoms with Gasteiger partial charge in [-0.2, -0.15) is 0 Å². The van der Waals surface area contributed by atoms with E-state index in [1.165, 1.54) is 11.3 Å². The molecule has 1 aliphatic heterocycles. The summed E-state index contributed by atoms with van der Waals surface area (Å²) >= 11 is 13.7. The molecule has 0 fully saturated rings. The Morgan fingerprint density at radius 3 is 2.48 bits per heavy atom. The molecular formula is C37H31Cl2N3O5S. The molecule has 0 unspecified atom stereocenters. The summed E-state index contributed by atoms with van der Waals surface area (Å²) in [4.78, 5) is 33.4. The summed E-state index contributed by atoms with van der Waals surface area (Å²) in [7, 11) is 1.55. The number of halogens is 2. The second-order valence-electron chi connectivity index (χ2n) is 10.8. The number of fused-ring (bicyclic) bond motifs is 1. The van der Waals surface area contributed by atoms with Gasteiger partial charge in [-0.1, -0.05) is 83.1 Å². The third kappa shape index (κ3) is 6.89. The number of benzene rings is 4. The third-order valence-electron chi connectivity index (χ3n) is 7.71. The molecule has 0 radical (unpaired) electrons. The Labute approximate surface area is 291 Å². The fourth-order valence-electron chi connectivity index (χ4n) is 5.45. The van der Waals surface area contributed by atoms with E-state index in [1.807, 2.05) is 73.7 Å². The molecule has 0 spiro atoms. The highest BCUT2D eigenvalue weighted by molar-refractivity contribution is 7.07. The molecule has 1 aliphatic rings. The topological polar surface area (TPSA) is 91.2 Å². The zero-order chi connectivity index (χ0) is 33.8. The number of nitrogens with zero attached hydrogens (tertiary/aromatic N) is 2. The molecule has 6 rings (SSSR count). The van der Waals surface area contributed by atoms with Crippen molar-refractivity contribution < 1.29 is 19.0 Å². The quantitative estimate of drug-likeness (QED) is 0.167. The van der Waals surface area contributed by atoms with Crippen molar-refractivity contribution in [3.8, 4) is 17.2 Å². The number of carbonyl (C=O) groups excluding carboxylic acids is 1. The number of hydrogen-bond donors (Lipinski definition) is 1. The smallest absolute Gasteiger partial charge is 0.271 e. The summed E-state index contributed by atoms with van der Waals surface area (Å²) in [6, 6.07) is 26.5. The van der Waals surface area contributed by atoms with Gasteiger partial charge in [-0.3, -0.25) is 14.2 Å². The lowest BCUT2D eigenvalue weighted by Gasteiger charge is -2.25. The minimum Gasteiger partial charge on any atom is -0.494 e. The highest BCUT2D eigenvalue weighted by atomic mass is 35.5. The van der Waals surface area contributed by atoms with Crippen LogP contribution in [0.3, 0.4) is 0 Å². The van der Waals surface area contributed by atoms with Gasteiger partial charge in [0.05, 0.1) is 35.6 Å². The van der Waals surface area contributed by atoms with Gasteiger partial charge in [0.25, 0.3) is 11.5 Å². The molecule has 0 aliphatic carbocycles. The van der Waals surface area contributed by atoms with E-state index < -0.39 is 6.04 Å². The van der Waals surface area contributed by atoms with Gasteiger partial charge in [0.1, 0.15) is 12.4 Å². The van der Waals surface area contributed by atoms with Gasteiger partial charge in [-0.05, 0) is 68.0 Å². The van der Waals surface area contributed by atoms with Crippen LogP contribution in [0.2, 0.25) is 10.0 Å². The van der Waals surface area contributed by atoms with Gasteiger partial charge in [-0.25, -0.2) is 4.99 Å². The fraction of sp³-hybridized carbons (Fsp3) is 0.162. The molecule has 4 aromatic carbocycles. The van der Waals surface area contributed by atoms with Crippen LogP contribution in [0.5, 0.6) is 17.2 Å². The molecule has 8 nitrogen and oxygen atoms in total. The van der Waals surface area contributed by atoms with Gasteiger partial charge in [-0.15, -0.1) is 0 Å². The highest BCUT2D eigenvalue weighted by Crippen LogP contribution is 2.34. The van der Waals surface area contributed by atoms with Crippen molar-refractivity contribution in [1.29, 1.82) is 0 Å². The molecule has 0 saturated heterocycles. The van der Waals surface area contributed by atoms with Crippen LogP contribution in [-0.4, -0.2) is 24.2 Å². The van der Waals surface area contributed by atoms with E-state index in [0.29, 0.717) is 65.8 Å². The monoisotopic (exact) mass is 699 g/mol. The fourth-order valence-corrected chi connectivity index (χ4v) is 6.95. The maximum atomic E-state index is 14.3. The minimum absolute atomic E-state index is 0.148. The second-order valence-corrected chi connectivity index (χ2v) is 12.7. The van der Waals surface area contributed by atoms with Gasteiger partial charge in [0.15, 0.2) is 16.3 Å². The van der Waals surface area contributed by atoms with E-state index in [9.17, 15) is 9.59 Å². The van der Waals surface area contributed by atoms with Crippen LogP contribution in [-0.2, 0) is 11.4 Å². The average molecular weight is 701 g/mol. The lowest BCUT2D eigenvalue weighted by atomic mass is 9.95. The first-order valence-corrected chi connectivity index (χ1v) is 16.7. The first-order valence-electron chi connectivity index (χ1n) is 15.1. The molecule has 0 bridgehead atoms. The molecule has 1 atom stereocenters. The number of thiazole rings is 1. The molecule has 5 aromatic rings. The van der Waals surface area contributed by atoms with E-state index in [-0.39, 0.29) is 18.1 Å². The number of rotatable bonds is 10. The molecule has 2 heterocycles. The van der Waals surface area contributed by atoms with E-state index in [4.69, 9.17) is 42.4 Å². The number of nitrogens with one attached hydrogen (secondary N) is 1. The van der Waals surface area contributed by atoms with Crippen molar-refractivity contribution >= 4 is 52.2 Å². The third-order valence-corrected chi connectivity index (χ3v) is 9.28.